The molecular weight excluding hydrogens is 913 g/mol. The summed E-state index contributed by atoms with van der Waals surface area (Å²) in [5.41, 5.74) is 12.3. The van der Waals surface area contributed by atoms with Gasteiger partial charge in [0.1, 0.15) is 54.1 Å². The second-order valence-electron chi connectivity index (χ2n) is 19.4. The van der Waals surface area contributed by atoms with E-state index in [2.05, 4.69) is 31.9 Å². The molecule has 2 heterocycles. The van der Waals surface area contributed by atoms with E-state index in [1.165, 1.54) is 35.8 Å². The second-order valence-corrected chi connectivity index (χ2v) is 19.4. The number of aromatic hydroxyl groups is 1. The Bertz CT molecular complexity index is 2050. The zero-order valence-electron chi connectivity index (χ0n) is 41.4. The lowest BCUT2D eigenvalue weighted by molar-refractivity contribution is -0.148. The highest BCUT2D eigenvalue weighted by Gasteiger charge is 2.44. The minimum absolute atomic E-state index is 0.0248. The van der Waals surface area contributed by atoms with Crippen molar-refractivity contribution in [3.63, 3.8) is 0 Å². The minimum Gasteiger partial charge on any atom is -0.508 e. The molecule has 70 heavy (non-hydrogen) atoms. The largest absolute Gasteiger partial charge is 0.508 e. The Morgan fingerprint density at radius 1 is 0.657 bits per heavy atom. The van der Waals surface area contributed by atoms with E-state index in [1.54, 1.807) is 39.8 Å². The molecule has 10 atom stereocenters. The number of nitrogens with zero attached hydrogens (tertiary/aromatic N) is 2. The number of amides is 9. The fraction of sp³-hybridized carbons (Fsp3) is 0.660. The summed E-state index contributed by atoms with van der Waals surface area (Å²) in [7, 11) is 0. The summed E-state index contributed by atoms with van der Waals surface area (Å²) in [5, 5.41) is 44.8. The number of phenols is 1. The molecule has 2 fully saturated rings. The highest BCUT2D eigenvalue weighted by molar-refractivity contribution is 5.98. The van der Waals surface area contributed by atoms with Gasteiger partial charge in [-0.15, -0.1) is 0 Å². The number of carbonyl (C=O) groups excluding carboxylic acids is 9. The van der Waals surface area contributed by atoms with Gasteiger partial charge >= 0.3 is 5.97 Å². The maximum absolute atomic E-state index is 14.2. The number of carboxylic acids is 1. The van der Waals surface area contributed by atoms with Crippen molar-refractivity contribution in [2.45, 2.75) is 167 Å². The standard InChI is InChI=1S/C47H74N10O13/c1-23(2)21-32(52-40(62)30(48)22-28-13-15-29(59)16-14-28)45(67)57-20-10-12-34(57)46(68)56-19-9-11-33(56)42(64)50-26(7)39(61)55-38(27(8)58)44(66)51-31(17-18-35(49)60)41(63)53-36(24(3)4)43(65)54-37(25(5)6)47(69)70/h13-16,23-27,30-34,36-38,58-59H,9-12,17-22,48H2,1-8H3,(H2,49,60)(H,50,64)(H,51,66)(H,52,62)(H,53,63)(H,54,65)(H,55,61)(H,69,70)/t26-,27+,30-,31-,32-,33-,34-,36-,37-,38-/m0/s1. The van der Waals surface area contributed by atoms with Crippen molar-refractivity contribution >= 4 is 59.1 Å². The van der Waals surface area contributed by atoms with Crippen molar-refractivity contribution in [2.24, 2.45) is 29.2 Å². The number of benzene rings is 1. The van der Waals surface area contributed by atoms with Gasteiger partial charge < -0.3 is 68.5 Å². The number of carboxylic acid groups (broad SMARTS) is 1. The number of hydrogen-bond donors (Lipinski definition) is 11. The first-order valence-electron chi connectivity index (χ1n) is 23.9. The molecule has 0 saturated carbocycles. The molecule has 1 aromatic carbocycles. The van der Waals surface area contributed by atoms with Crippen LogP contribution >= 0.6 is 0 Å². The van der Waals surface area contributed by atoms with Crippen molar-refractivity contribution < 1.29 is 63.3 Å². The zero-order valence-corrected chi connectivity index (χ0v) is 41.4. The van der Waals surface area contributed by atoms with Crippen molar-refractivity contribution in [1.29, 1.82) is 0 Å². The third kappa shape index (κ3) is 16.7. The molecule has 23 heteroatoms. The number of likely N-dealkylation sites (tertiary alicyclic amines) is 2. The maximum Gasteiger partial charge on any atom is 0.326 e. The molecule has 2 saturated heterocycles. The summed E-state index contributed by atoms with van der Waals surface area (Å²) in [4.78, 5) is 136. The average molecular weight is 987 g/mol. The highest BCUT2D eigenvalue weighted by Crippen LogP contribution is 2.27. The maximum atomic E-state index is 14.2. The van der Waals surface area contributed by atoms with Crippen LogP contribution in [0.5, 0.6) is 5.75 Å². The van der Waals surface area contributed by atoms with Crippen LogP contribution in [0.25, 0.3) is 0 Å². The van der Waals surface area contributed by atoms with Crippen LogP contribution in [0.1, 0.15) is 106 Å². The lowest BCUT2D eigenvalue weighted by Gasteiger charge is -2.33. The van der Waals surface area contributed by atoms with Crippen LogP contribution in [0.4, 0.5) is 0 Å². The normalized spacial score (nSPS) is 19.2. The van der Waals surface area contributed by atoms with Crippen LogP contribution in [-0.2, 0) is 54.4 Å². The molecule has 0 unspecified atom stereocenters. The molecule has 0 bridgehead atoms. The van der Waals surface area contributed by atoms with E-state index in [9.17, 15) is 63.3 Å². The van der Waals surface area contributed by atoms with E-state index >= 15 is 0 Å². The van der Waals surface area contributed by atoms with E-state index < -0.39 is 138 Å². The van der Waals surface area contributed by atoms with Gasteiger partial charge in [-0.25, -0.2) is 4.79 Å². The molecule has 1 aromatic rings. The summed E-state index contributed by atoms with van der Waals surface area (Å²) >= 11 is 0. The molecule has 2 aliphatic heterocycles. The van der Waals surface area contributed by atoms with E-state index in [4.69, 9.17) is 11.5 Å². The Labute approximate surface area is 408 Å². The van der Waals surface area contributed by atoms with Gasteiger partial charge in [0.15, 0.2) is 0 Å². The summed E-state index contributed by atoms with van der Waals surface area (Å²) in [6, 6.07) is -4.83. The number of primary amides is 1. The van der Waals surface area contributed by atoms with E-state index in [0.717, 1.165) is 0 Å². The number of nitrogens with two attached hydrogens (primary N) is 2. The van der Waals surface area contributed by atoms with Gasteiger partial charge in [0.25, 0.3) is 0 Å². The molecule has 13 N–H and O–H groups in total. The Balaban J connectivity index is 1.69. The number of aliphatic carboxylic acids is 1. The van der Waals surface area contributed by atoms with E-state index in [-0.39, 0.29) is 50.4 Å². The summed E-state index contributed by atoms with van der Waals surface area (Å²) in [6.45, 7) is 13.1. The Morgan fingerprint density at radius 3 is 1.73 bits per heavy atom. The number of nitrogens with one attached hydrogen (secondary N) is 6. The number of rotatable bonds is 25. The first kappa shape index (κ1) is 58.0. The SMILES string of the molecule is CC(C)C[C@H](NC(=O)[C@@H](N)Cc1ccc(O)cc1)C(=O)N1CCC[C@H]1C(=O)N1CCC[C@H]1C(=O)N[C@@H](C)C(=O)N[C@H](C(=O)N[C@@H](CCC(N)=O)C(=O)N[C@H](C(=O)N[C@H](C(=O)O)C(C)C)C(C)C)[C@@H](C)O. The van der Waals surface area contributed by atoms with Crippen molar-refractivity contribution in [3.05, 3.63) is 29.8 Å². The summed E-state index contributed by atoms with van der Waals surface area (Å²) < 4.78 is 0. The Morgan fingerprint density at radius 2 is 1.19 bits per heavy atom. The summed E-state index contributed by atoms with van der Waals surface area (Å²) in [6.07, 6.45) is -0.429. The van der Waals surface area contributed by atoms with Gasteiger partial charge in [-0.05, 0) is 94.2 Å². The predicted molar refractivity (Wildman–Crippen MR) is 253 cm³/mol. The monoisotopic (exact) mass is 987 g/mol. The Kier molecular flexibility index (Phi) is 22.0. The molecule has 0 aromatic heterocycles. The number of hydrogen-bond acceptors (Lipinski definition) is 13. The van der Waals surface area contributed by atoms with E-state index in [0.29, 0.717) is 24.8 Å². The smallest absolute Gasteiger partial charge is 0.326 e. The molecule has 3 rings (SSSR count). The number of phenolic OH excluding ortho intramolecular Hbond substituents is 1. The third-order valence-electron chi connectivity index (χ3n) is 12.3. The molecule has 0 radical (unpaired) electrons. The van der Waals surface area contributed by atoms with Crippen LogP contribution in [-0.4, -0.2) is 158 Å². The van der Waals surface area contributed by atoms with Crippen LogP contribution < -0.4 is 43.4 Å². The number of carbonyl (C=O) groups is 10. The Hall–Kier alpha value is -6.36. The van der Waals surface area contributed by atoms with Gasteiger partial charge in [-0.3, -0.25) is 43.2 Å². The van der Waals surface area contributed by atoms with Crippen LogP contribution in [0.3, 0.4) is 0 Å². The minimum atomic E-state index is -1.71. The molecule has 2 aliphatic rings. The topological polar surface area (TPSA) is 362 Å². The van der Waals surface area contributed by atoms with Crippen LogP contribution in [0, 0.1) is 17.8 Å². The molecule has 9 amide bonds. The first-order chi connectivity index (χ1) is 32.7. The van der Waals surface area contributed by atoms with Crippen molar-refractivity contribution in [2.75, 3.05) is 13.1 Å². The fourth-order valence-electron chi connectivity index (χ4n) is 8.35. The molecule has 23 nitrogen and oxygen atoms in total. The quantitative estimate of drug-likeness (QED) is 0.0519. The van der Waals surface area contributed by atoms with Gasteiger partial charge in [-0.1, -0.05) is 53.7 Å². The molecular formula is C47H74N10O13. The van der Waals surface area contributed by atoms with Gasteiger partial charge in [-0.2, -0.15) is 0 Å². The fourth-order valence-corrected chi connectivity index (χ4v) is 8.35. The van der Waals surface area contributed by atoms with E-state index in [1.807, 2.05) is 13.8 Å². The van der Waals surface area contributed by atoms with Crippen molar-refractivity contribution in [1.82, 2.24) is 41.7 Å². The molecule has 390 valence electrons. The zero-order chi connectivity index (χ0) is 52.7. The summed E-state index contributed by atoms with van der Waals surface area (Å²) in [5.74, 6) is -9.08. The van der Waals surface area contributed by atoms with Crippen LogP contribution in [0.2, 0.25) is 0 Å². The van der Waals surface area contributed by atoms with Crippen LogP contribution in [0.15, 0.2) is 24.3 Å². The predicted octanol–water partition coefficient (Wildman–Crippen LogP) is -1.74. The molecule has 0 spiro atoms. The average Bonchev–Trinajstić information content (AvgIpc) is 3.98. The van der Waals surface area contributed by atoms with Crippen molar-refractivity contribution in [3.8, 4) is 5.75 Å². The lowest BCUT2D eigenvalue weighted by Crippen LogP contribution is -2.62. The number of aliphatic hydroxyl groups is 1. The number of aliphatic hydroxyl groups excluding tert-OH is 1. The highest BCUT2D eigenvalue weighted by atomic mass is 16.4. The molecule has 0 aliphatic carbocycles. The second kappa shape index (κ2) is 26.6. The third-order valence-corrected chi connectivity index (χ3v) is 12.3. The lowest BCUT2D eigenvalue weighted by atomic mass is 9.99. The van der Waals surface area contributed by atoms with Gasteiger partial charge in [0.05, 0.1) is 12.1 Å². The van der Waals surface area contributed by atoms with Gasteiger partial charge in [0, 0.05) is 19.5 Å². The van der Waals surface area contributed by atoms with Gasteiger partial charge in [0.2, 0.25) is 53.2 Å². The first-order valence-corrected chi connectivity index (χ1v) is 23.9.